The first-order valence-corrected chi connectivity index (χ1v) is 10.8. The van der Waals surface area contributed by atoms with Crippen LogP contribution in [0.3, 0.4) is 0 Å². The third kappa shape index (κ3) is 3.14. The van der Waals surface area contributed by atoms with Crippen LogP contribution in [0.5, 0.6) is 11.5 Å². The molecule has 0 aromatic heterocycles. The zero-order valence-electron chi connectivity index (χ0n) is 16.2. The number of alkyl halides is 1. The minimum Gasteiger partial charge on any atom is -0.461 e. The number of nitrogens with one attached hydrogen (secondary N) is 1. The molecule has 5 nitrogen and oxygen atoms in total. The minimum atomic E-state index is -0.332. The highest BCUT2D eigenvalue weighted by Crippen LogP contribution is 2.60. The van der Waals surface area contributed by atoms with E-state index < -0.39 is 0 Å². The summed E-state index contributed by atoms with van der Waals surface area (Å²) in [6.45, 7) is 4.07. The standard InChI is InChI=1S/C23H22BrNO4/c1-11-7-12(2)9-15(8-11)28-14-5-3-13(4-6-14)25-22(26)18-16-10-17-19(18)23(27)29-21(17)20(16)24/h3-9,16-21H,10H2,1-2H3,(H,25,26)/t16-,17+,18-,19-,20+,21-/m0/s1. The van der Waals surface area contributed by atoms with Crippen molar-refractivity contribution in [2.45, 2.75) is 31.2 Å². The van der Waals surface area contributed by atoms with Crippen molar-refractivity contribution >= 4 is 33.5 Å². The molecule has 3 fully saturated rings. The molecule has 6 atom stereocenters. The Hall–Kier alpha value is -2.34. The van der Waals surface area contributed by atoms with Gasteiger partial charge in [0.2, 0.25) is 5.91 Å². The van der Waals surface area contributed by atoms with Crippen molar-refractivity contribution < 1.29 is 19.1 Å². The van der Waals surface area contributed by atoms with Gasteiger partial charge in [0.25, 0.3) is 0 Å². The number of benzene rings is 2. The van der Waals surface area contributed by atoms with Crippen LogP contribution in [-0.4, -0.2) is 22.8 Å². The van der Waals surface area contributed by atoms with Gasteiger partial charge in [-0.2, -0.15) is 0 Å². The highest BCUT2D eigenvalue weighted by Gasteiger charge is 2.67. The van der Waals surface area contributed by atoms with E-state index in [9.17, 15) is 9.59 Å². The van der Waals surface area contributed by atoms with E-state index in [0.717, 1.165) is 23.3 Å². The van der Waals surface area contributed by atoms with Crippen LogP contribution in [0, 0.1) is 37.5 Å². The lowest BCUT2D eigenvalue weighted by Crippen LogP contribution is -2.40. The van der Waals surface area contributed by atoms with Gasteiger partial charge in [0, 0.05) is 11.6 Å². The van der Waals surface area contributed by atoms with Crippen molar-refractivity contribution in [3.05, 3.63) is 53.6 Å². The molecule has 3 aliphatic rings. The summed E-state index contributed by atoms with van der Waals surface area (Å²) in [6, 6.07) is 13.4. The van der Waals surface area contributed by atoms with E-state index in [4.69, 9.17) is 9.47 Å². The fourth-order valence-corrected chi connectivity index (χ4v) is 6.33. The van der Waals surface area contributed by atoms with E-state index in [0.29, 0.717) is 11.4 Å². The van der Waals surface area contributed by atoms with Crippen LogP contribution in [0.2, 0.25) is 0 Å². The van der Waals surface area contributed by atoms with Crippen molar-refractivity contribution in [2.24, 2.45) is 23.7 Å². The van der Waals surface area contributed by atoms with Crippen LogP contribution < -0.4 is 10.1 Å². The van der Waals surface area contributed by atoms with Crippen LogP contribution in [0.1, 0.15) is 17.5 Å². The monoisotopic (exact) mass is 455 g/mol. The molecule has 0 radical (unpaired) electrons. The summed E-state index contributed by atoms with van der Waals surface area (Å²) in [6.07, 6.45) is 0.806. The van der Waals surface area contributed by atoms with Gasteiger partial charge in [-0.25, -0.2) is 0 Å². The highest BCUT2D eigenvalue weighted by atomic mass is 79.9. The predicted octanol–water partition coefficient (Wildman–Crippen LogP) is 4.61. The van der Waals surface area contributed by atoms with Gasteiger partial charge in [0.15, 0.2) is 0 Å². The number of anilines is 1. The Kier molecular flexibility index (Phi) is 4.42. The van der Waals surface area contributed by atoms with E-state index in [2.05, 4.69) is 27.3 Å². The van der Waals surface area contributed by atoms with Gasteiger partial charge < -0.3 is 14.8 Å². The number of hydrogen-bond acceptors (Lipinski definition) is 4. The molecule has 2 aromatic carbocycles. The summed E-state index contributed by atoms with van der Waals surface area (Å²) in [7, 11) is 0. The Morgan fingerprint density at radius 2 is 1.76 bits per heavy atom. The van der Waals surface area contributed by atoms with Gasteiger partial charge in [-0.05, 0) is 73.7 Å². The lowest BCUT2D eigenvalue weighted by molar-refractivity contribution is -0.145. The van der Waals surface area contributed by atoms with Crippen molar-refractivity contribution in [1.82, 2.24) is 0 Å². The molecule has 2 saturated carbocycles. The summed E-state index contributed by atoms with van der Waals surface area (Å²) >= 11 is 3.65. The third-order valence-corrected chi connectivity index (χ3v) is 7.58. The average Bonchev–Trinajstić information content (AvgIpc) is 3.27. The first kappa shape index (κ1) is 18.7. The highest BCUT2D eigenvalue weighted by molar-refractivity contribution is 9.09. The van der Waals surface area contributed by atoms with E-state index in [-0.39, 0.29) is 46.5 Å². The number of fused-ring (bicyclic) bond motifs is 1. The van der Waals surface area contributed by atoms with E-state index in [1.54, 1.807) is 0 Å². The summed E-state index contributed by atoms with van der Waals surface area (Å²) in [5, 5.41) is 2.98. The maximum Gasteiger partial charge on any atom is 0.310 e. The molecule has 150 valence electrons. The molecule has 1 aliphatic heterocycles. The summed E-state index contributed by atoms with van der Waals surface area (Å²) in [5.74, 6) is 0.853. The van der Waals surface area contributed by atoms with Gasteiger partial charge in [-0.1, -0.05) is 22.0 Å². The third-order valence-electron chi connectivity index (χ3n) is 6.38. The number of carbonyl (C=O) groups is 2. The van der Waals surface area contributed by atoms with Crippen molar-refractivity contribution in [1.29, 1.82) is 0 Å². The Bertz CT molecular complexity index is 969. The average molecular weight is 456 g/mol. The van der Waals surface area contributed by atoms with Gasteiger partial charge in [0.1, 0.15) is 17.6 Å². The number of hydrogen-bond donors (Lipinski definition) is 1. The first-order valence-electron chi connectivity index (χ1n) is 9.92. The Labute approximate surface area is 177 Å². The predicted molar refractivity (Wildman–Crippen MR) is 112 cm³/mol. The molecule has 6 heteroatoms. The van der Waals surface area contributed by atoms with E-state index in [1.807, 2.05) is 50.2 Å². The maximum absolute atomic E-state index is 13.0. The van der Waals surface area contributed by atoms with Crippen LogP contribution >= 0.6 is 15.9 Å². The zero-order chi connectivity index (χ0) is 20.3. The molecular formula is C23H22BrNO4. The quantitative estimate of drug-likeness (QED) is 0.540. The summed E-state index contributed by atoms with van der Waals surface area (Å²) in [5.41, 5.74) is 2.99. The van der Waals surface area contributed by atoms with Crippen LogP contribution in [0.4, 0.5) is 5.69 Å². The molecule has 0 spiro atoms. The Balaban J connectivity index is 1.28. The van der Waals surface area contributed by atoms with Crippen LogP contribution in [-0.2, 0) is 14.3 Å². The summed E-state index contributed by atoms with van der Waals surface area (Å²) < 4.78 is 11.4. The number of amides is 1. The molecule has 2 bridgehead atoms. The van der Waals surface area contributed by atoms with Crippen molar-refractivity contribution in [3.8, 4) is 11.5 Å². The number of halogens is 1. The number of rotatable bonds is 4. The van der Waals surface area contributed by atoms with Gasteiger partial charge in [-0.3, -0.25) is 9.59 Å². The Morgan fingerprint density at radius 3 is 2.45 bits per heavy atom. The molecule has 1 heterocycles. The second kappa shape index (κ2) is 6.87. The first-order chi connectivity index (χ1) is 13.9. The number of ether oxygens (including phenoxy) is 2. The second-order valence-corrected chi connectivity index (χ2v) is 9.46. The number of aryl methyl sites for hydroxylation is 2. The lowest BCUT2D eigenvalue weighted by atomic mass is 9.79. The molecule has 1 amide bonds. The number of carbonyl (C=O) groups excluding carboxylic acids is 2. The maximum atomic E-state index is 13.0. The molecule has 2 aromatic rings. The lowest BCUT2D eigenvalue weighted by Gasteiger charge is -2.27. The van der Waals surface area contributed by atoms with Crippen LogP contribution in [0.25, 0.3) is 0 Å². The van der Waals surface area contributed by atoms with Gasteiger partial charge >= 0.3 is 5.97 Å². The normalized spacial score (nSPS) is 31.6. The SMILES string of the molecule is Cc1cc(C)cc(Oc2ccc(NC(=O)[C@H]3[C@@H]4C[C@H]5[C@H](OC(=O)[C@@H]53)[C@@H]4Br)cc2)c1. The summed E-state index contributed by atoms with van der Waals surface area (Å²) in [4.78, 5) is 25.3. The smallest absolute Gasteiger partial charge is 0.310 e. The molecule has 29 heavy (non-hydrogen) atoms. The van der Waals surface area contributed by atoms with Gasteiger partial charge in [-0.15, -0.1) is 0 Å². The second-order valence-electron chi connectivity index (χ2n) is 8.40. The van der Waals surface area contributed by atoms with E-state index >= 15 is 0 Å². The Morgan fingerprint density at radius 1 is 1.07 bits per heavy atom. The molecule has 1 saturated heterocycles. The number of esters is 1. The van der Waals surface area contributed by atoms with Gasteiger partial charge in [0.05, 0.1) is 16.7 Å². The van der Waals surface area contributed by atoms with Crippen LogP contribution in [0.15, 0.2) is 42.5 Å². The minimum absolute atomic E-state index is 0.0664. The zero-order valence-corrected chi connectivity index (χ0v) is 17.8. The molecular weight excluding hydrogens is 434 g/mol. The molecule has 1 N–H and O–H groups in total. The molecule has 5 rings (SSSR count). The fraction of sp³-hybridized carbons (Fsp3) is 0.391. The van der Waals surface area contributed by atoms with E-state index in [1.165, 1.54) is 0 Å². The largest absolute Gasteiger partial charge is 0.461 e. The molecule has 2 aliphatic carbocycles. The topological polar surface area (TPSA) is 64.6 Å². The van der Waals surface area contributed by atoms with Crippen molar-refractivity contribution in [3.63, 3.8) is 0 Å². The molecule has 0 unspecified atom stereocenters. The fourth-order valence-electron chi connectivity index (χ4n) is 5.29. The van der Waals surface area contributed by atoms with Crippen molar-refractivity contribution in [2.75, 3.05) is 5.32 Å².